The number of rotatable bonds is 22. The summed E-state index contributed by atoms with van der Waals surface area (Å²) >= 11 is 0. The smallest absolute Gasteiger partial charge is 0.261 e. The van der Waals surface area contributed by atoms with Crippen molar-refractivity contribution in [3.63, 3.8) is 0 Å². The first-order valence-corrected chi connectivity index (χ1v) is 25.5. The van der Waals surface area contributed by atoms with Crippen molar-refractivity contribution < 1.29 is 27.8 Å². The maximum atomic E-state index is 7.21. The summed E-state index contributed by atoms with van der Waals surface area (Å²) in [5, 5.41) is 2.69. The number of hydrogen-bond acceptors (Lipinski definition) is 6. The van der Waals surface area contributed by atoms with Gasteiger partial charge in [0.15, 0.2) is 8.32 Å². The van der Waals surface area contributed by atoms with Crippen LogP contribution in [0.5, 0.6) is 0 Å². The number of allylic oxidation sites excluding steroid dienone is 2. The molecule has 0 amide bonds. The summed E-state index contributed by atoms with van der Waals surface area (Å²) in [6.07, 6.45) is 8.81. The Kier molecular flexibility index (Phi) is 17.5. The molecule has 0 aromatic heterocycles. The molecule has 0 N–H and O–H groups in total. The minimum absolute atomic E-state index is 0.0167. The average Bonchev–Trinajstić information content (AvgIpc) is 3.15. The Morgan fingerprint density at radius 3 is 1.93 bits per heavy atom. The fourth-order valence-corrected chi connectivity index (χ4v) is 13.4. The summed E-state index contributed by atoms with van der Waals surface area (Å²) in [6.45, 7) is 23.1. The second-order valence-corrected chi connectivity index (χ2v) is 27.1. The quantitative estimate of drug-likeness (QED) is 0.0574. The lowest BCUT2D eigenvalue weighted by Crippen LogP contribution is -2.66. The van der Waals surface area contributed by atoms with Crippen molar-refractivity contribution in [2.24, 2.45) is 5.92 Å². The standard InChI is InChI=1S/C47H72O6Si2/c1-38-29-30-40(52-45(38)36-49-35-39-22-14-11-15-23-39)31-32-42(53-54(9,10)46(2,3)4)34-41(50-37-48-8)24-20-21-33-51-55(47(5,6)7,43-25-16-12-17-26-43)44-27-18-13-19-28-44/h11-19,22-23,25-28,30,38,41-42,45H,20-21,24,29,31-37H2,1-10H3/t38-,41+,42+,45+/m1/s1. The predicted octanol–water partition coefficient (Wildman–Crippen LogP) is 10.8. The summed E-state index contributed by atoms with van der Waals surface area (Å²) in [5.41, 5.74) is 1.18. The van der Waals surface area contributed by atoms with Gasteiger partial charge in [-0.1, -0.05) is 139 Å². The Labute approximate surface area is 336 Å². The molecule has 304 valence electrons. The van der Waals surface area contributed by atoms with E-state index in [-0.39, 0.29) is 35.2 Å². The topological polar surface area (TPSA) is 55.4 Å². The van der Waals surface area contributed by atoms with E-state index >= 15 is 0 Å². The third-order valence-electron chi connectivity index (χ3n) is 11.6. The van der Waals surface area contributed by atoms with Gasteiger partial charge in [-0.15, -0.1) is 0 Å². The van der Waals surface area contributed by atoms with Gasteiger partial charge < -0.3 is 27.8 Å². The molecule has 0 saturated carbocycles. The van der Waals surface area contributed by atoms with E-state index in [1.165, 1.54) is 15.9 Å². The molecule has 0 bridgehead atoms. The van der Waals surface area contributed by atoms with E-state index in [1.807, 2.05) is 6.07 Å². The normalized spacial score (nSPS) is 18.0. The largest absolute Gasteiger partial charge is 0.492 e. The Balaban J connectivity index is 1.40. The van der Waals surface area contributed by atoms with E-state index in [4.69, 9.17) is 27.8 Å². The van der Waals surface area contributed by atoms with Gasteiger partial charge in [0.1, 0.15) is 12.9 Å². The lowest BCUT2D eigenvalue weighted by molar-refractivity contribution is -0.0871. The minimum atomic E-state index is -2.57. The highest BCUT2D eigenvalue weighted by atomic mass is 28.4. The molecule has 0 saturated heterocycles. The number of hydrogen-bond donors (Lipinski definition) is 0. The van der Waals surface area contributed by atoms with Crippen LogP contribution in [0.1, 0.15) is 99.0 Å². The molecule has 4 rings (SSSR count). The van der Waals surface area contributed by atoms with Crippen LogP contribution in [0.4, 0.5) is 0 Å². The fourth-order valence-electron chi connectivity index (χ4n) is 7.36. The summed E-state index contributed by atoms with van der Waals surface area (Å²) in [4.78, 5) is 0. The third kappa shape index (κ3) is 13.2. The van der Waals surface area contributed by atoms with Crippen LogP contribution in [0.15, 0.2) is 103 Å². The van der Waals surface area contributed by atoms with Crippen LogP contribution in [-0.4, -0.2) is 62.1 Å². The summed E-state index contributed by atoms with van der Waals surface area (Å²) < 4.78 is 38.9. The van der Waals surface area contributed by atoms with Crippen LogP contribution < -0.4 is 10.4 Å². The molecule has 0 aliphatic carbocycles. The Morgan fingerprint density at radius 1 is 0.764 bits per heavy atom. The van der Waals surface area contributed by atoms with Crippen LogP contribution in [0.25, 0.3) is 0 Å². The lowest BCUT2D eigenvalue weighted by atomic mass is 9.96. The predicted molar refractivity (Wildman–Crippen MR) is 233 cm³/mol. The van der Waals surface area contributed by atoms with Gasteiger partial charge in [0.2, 0.25) is 0 Å². The van der Waals surface area contributed by atoms with Crippen LogP contribution >= 0.6 is 0 Å². The average molecular weight is 789 g/mol. The van der Waals surface area contributed by atoms with Crippen molar-refractivity contribution >= 4 is 27.0 Å². The highest BCUT2D eigenvalue weighted by Crippen LogP contribution is 2.40. The monoisotopic (exact) mass is 788 g/mol. The number of ether oxygens (including phenoxy) is 4. The maximum absolute atomic E-state index is 7.21. The van der Waals surface area contributed by atoms with Crippen LogP contribution in [0, 0.1) is 5.92 Å². The zero-order valence-corrected chi connectivity index (χ0v) is 37.8. The summed E-state index contributed by atoms with van der Waals surface area (Å²) in [5.74, 6) is 1.47. The molecular weight excluding hydrogens is 717 g/mol. The van der Waals surface area contributed by atoms with E-state index in [0.717, 1.165) is 50.7 Å². The van der Waals surface area contributed by atoms with Crippen molar-refractivity contribution in [2.45, 2.75) is 142 Å². The van der Waals surface area contributed by atoms with Gasteiger partial charge in [0.05, 0.1) is 25.1 Å². The molecule has 0 spiro atoms. The molecule has 0 radical (unpaired) electrons. The number of unbranched alkanes of at least 4 members (excludes halogenated alkanes) is 1. The van der Waals surface area contributed by atoms with Crippen molar-refractivity contribution in [3.8, 4) is 0 Å². The molecule has 3 aromatic carbocycles. The molecule has 55 heavy (non-hydrogen) atoms. The van der Waals surface area contributed by atoms with Crippen molar-refractivity contribution in [1.29, 1.82) is 0 Å². The second-order valence-electron chi connectivity index (χ2n) is 18.0. The van der Waals surface area contributed by atoms with Crippen molar-refractivity contribution in [1.82, 2.24) is 0 Å². The first-order valence-electron chi connectivity index (χ1n) is 20.7. The van der Waals surface area contributed by atoms with Gasteiger partial charge in [0, 0.05) is 26.2 Å². The van der Waals surface area contributed by atoms with E-state index in [0.29, 0.717) is 25.7 Å². The van der Waals surface area contributed by atoms with Gasteiger partial charge in [-0.2, -0.15) is 0 Å². The van der Waals surface area contributed by atoms with Gasteiger partial charge in [-0.05, 0) is 89.6 Å². The summed E-state index contributed by atoms with van der Waals surface area (Å²) in [7, 11) is -2.93. The molecule has 1 aliphatic heterocycles. The molecule has 4 atom stereocenters. The molecule has 1 aliphatic rings. The fraction of sp³-hybridized carbons (Fsp3) is 0.574. The molecule has 0 unspecified atom stereocenters. The molecule has 0 fully saturated rings. The Hall–Kier alpha value is -2.57. The SMILES string of the molecule is COCO[C@@H](CCCCO[Si](c1ccccc1)(c1ccccc1)C(C)(C)C)C[C@H](CCC1=CC[C@@H](C)[C@H](COCc2ccccc2)O1)O[Si](C)(C)C(C)(C)C. The highest BCUT2D eigenvalue weighted by molar-refractivity contribution is 6.99. The highest BCUT2D eigenvalue weighted by Gasteiger charge is 2.50. The van der Waals surface area contributed by atoms with E-state index in [1.54, 1.807) is 7.11 Å². The number of benzene rings is 3. The third-order valence-corrected chi connectivity index (χ3v) is 21.2. The molecule has 3 aromatic rings. The lowest BCUT2D eigenvalue weighted by Gasteiger charge is -2.43. The van der Waals surface area contributed by atoms with Crippen LogP contribution in [0.3, 0.4) is 0 Å². The van der Waals surface area contributed by atoms with Crippen LogP contribution in [-0.2, 0) is 34.4 Å². The zero-order valence-electron chi connectivity index (χ0n) is 35.8. The van der Waals surface area contributed by atoms with Gasteiger partial charge in [-0.25, -0.2) is 0 Å². The molecule has 1 heterocycles. The second kappa shape index (κ2) is 21.3. The molecule has 6 nitrogen and oxygen atoms in total. The van der Waals surface area contributed by atoms with E-state index in [9.17, 15) is 0 Å². The Bertz CT molecular complexity index is 1490. The first kappa shape index (κ1) is 45.1. The van der Waals surface area contributed by atoms with Crippen molar-refractivity contribution in [3.05, 3.63) is 108 Å². The zero-order chi connectivity index (χ0) is 40.0. The first-order chi connectivity index (χ1) is 26.2. The molecular formula is C47H72O6Si2. The Morgan fingerprint density at radius 2 is 1.36 bits per heavy atom. The van der Waals surface area contributed by atoms with Crippen LogP contribution in [0.2, 0.25) is 23.2 Å². The maximum Gasteiger partial charge on any atom is 0.261 e. The van der Waals surface area contributed by atoms with Gasteiger partial charge in [0.25, 0.3) is 8.32 Å². The van der Waals surface area contributed by atoms with Gasteiger partial charge in [-0.3, -0.25) is 0 Å². The van der Waals surface area contributed by atoms with E-state index < -0.39 is 16.6 Å². The van der Waals surface area contributed by atoms with Gasteiger partial charge >= 0.3 is 0 Å². The van der Waals surface area contributed by atoms with E-state index in [2.05, 4.69) is 153 Å². The molecule has 8 heteroatoms. The number of methoxy groups -OCH3 is 1. The van der Waals surface area contributed by atoms with Crippen molar-refractivity contribution in [2.75, 3.05) is 27.1 Å². The minimum Gasteiger partial charge on any atom is -0.492 e. The summed E-state index contributed by atoms with van der Waals surface area (Å²) in [6, 6.07) is 32.2.